The van der Waals surface area contributed by atoms with Crippen LogP contribution in [0.15, 0.2) is 48.5 Å². The van der Waals surface area contributed by atoms with Crippen molar-refractivity contribution in [1.82, 2.24) is 9.80 Å². The van der Waals surface area contributed by atoms with E-state index in [1.54, 1.807) is 0 Å². The fraction of sp³-hybridized carbons (Fsp3) is 0.300. The number of rotatable bonds is 3. The SMILES string of the molecule is CCc1ccc(C(=O)N2CCN(C(=O)c3cccc(I)c3)CC2)cc1. The molecule has 0 N–H and O–H groups in total. The third-order valence-corrected chi connectivity index (χ3v) is 5.21. The van der Waals surface area contributed by atoms with Crippen molar-refractivity contribution in [2.45, 2.75) is 13.3 Å². The van der Waals surface area contributed by atoms with Crippen molar-refractivity contribution in [1.29, 1.82) is 0 Å². The highest BCUT2D eigenvalue weighted by Crippen LogP contribution is 2.14. The molecule has 0 aliphatic carbocycles. The summed E-state index contributed by atoms with van der Waals surface area (Å²) in [4.78, 5) is 28.9. The molecule has 2 aromatic carbocycles. The number of halogens is 1. The van der Waals surface area contributed by atoms with Crippen LogP contribution in [-0.2, 0) is 6.42 Å². The minimum Gasteiger partial charge on any atom is -0.335 e. The molecule has 1 heterocycles. The monoisotopic (exact) mass is 448 g/mol. The van der Waals surface area contributed by atoms with Gasteiger partial charge in [0.05, 0.1) is 0 Å². The number of amides is 2. The van der Waals surface area contributed by atoms with E-state index in [0.717, 1.165) is 15.6 Å². The molecular weight excluding hydrogens is 427 g/mol. The maximum atomic E-state index is 12.6. The Labute approximate surface area is 162 Å². The highest BCUT2D eigenvalue weighted by atomic mass is 127. The Hall–Kier alpha value is -1.89. The van der Waals surface area contributed by atoms with E-state index in [1.807, 2.05) is 58.3 Å². The Kier molecular flexibility index (Phi) is 5.73. The first-order chi connectivity index (χ1) is 12.1. The Balaban J connectivity index is 1.61. The largest absolute Gasteiger partial charge is 0.335 e. The van der Waals surface area contributed by atoms with Crippen molar-refractivity contribution in [2.75, 3.05) is 26.2 Å². The summed E-state index contributed by atoms with van der Waals surface area (Å²) in [7, 11) is 0. The number of hydrogen-bond acceptors (Lipinski definition) is 2. The van der Waals surface area contributed by atoms with Gasteiger partial charge in [-0.25, -0.2) is 0 Å². The zero-order chi connectivity index (χ0) is 17.8. The van der Waals surface area contributed by atoms with Crippen LogP contribution >= 0.6 is 22.6 Å². The van der Waals surface area contributed by atoms with E-state index >= 15 is 0 Å². The topological polar surface area (TPSA) is 40.6 Å². The average Bonchev–Trinajstić information content (AvgIpc) is 2.67. The van der Waals surface area contributed by atoms with E-state index in [2.05, 4.69) is 29.5 Å². The summed E-state index contributed by atoms with van der Waals surface area (Å²) in [5, 5.41) is 0. The van der Waals surface area contributed by atoms with Gasteiger partial charge in [-0.1, -0.05) is 25.1 Å². The maximum Gasteiger partial charge on any atom is 0.254 e. The van der Waals surface area contributed by atoms with Gasteiger partial charge in [-0.3, -0.25) is 9.59 Å². The van der Waals surface area contributed by atoms with E-state index in [1.165, 1.54) is 5.56 Å². The minimum atomic E-state index is 0.0397. The first kappa shape index (κ1) is 17.9. The quantitative estimate of drug-likeness (QED) is 0.676. The number of aryl methyl sites for hydroxylation is 1. The molecule has 1 fully saturated rings. The molecule has 3 rings (SSSR count). The number of hydrogen-bond donors (Lipinski definition) is 0. The van der Waals surface area contributed by atoms with Crippen LogP contribution in [0.1, 0.15) is 33.2 Å². The van der Waals surface area contributed by atoms with E-state index in [4.69, 9.17) is 0 Å². The second kappa shape index (κ2) is 7.99. The molecule has 0 atom stereocenters. The predicted octanol–water partition coefficient (Wildman–Crippen LogP) is 3.45. The van der Waals surface area contributed by atoms with Crippen molar-refractivity contribution in [2.24, 2.45) is 0 Å². The molecule has 25 heavy (non-hydrogen) atoms. The smallest absolute Gasteiger partial charge is 0.254 e. The molecule has 1 aliphatic heterocycles. The third kappa shape index (κ3) is 4.21. The second-order valence-corrected chi connectivity index (χ2v) is 7.39. The molecule has 0 bridgehead atoms. The molecule has 0 saturated carbocycles. The van der Waals surface area contributed by atoms with Crippen LogP contribution in [0, 0.1) is 3.57 Å². The summed E-state index contributed by atoms with van der Waals surface area (Å²) >= 11 is 2.21. The lowest BCUT2D eigenvalue weighted by atomic mass is 10.1. The second-order valence-electron chi connectivity index (χ2n) is 6.15. The number of carbonyl (C=O) groups excluding carboxylic acids is 2. The van der Waals surface area contributed by atoms with E-state index in [0.29, 0.717) is 31.7 Å². The summed E-state index contributed by atoms with van der Waals surface area (Å²) in [5.41, 5.74) is 2.65. The maximum absolute atomic E-state index is 12.6. The van der Waals surface area contributed by atoms with Crippen LogP contribution in [0.25, 0.3) is 0 Å². The first-order valence-corrected chi connectivity index (χ1v) is 9.59. The number of piperazine rings is 1. The van der Waals surface area contributed by atoms with Gasteiger partial charge in [0.2, 0.25) is 0 Å². The van der Waals surface area contributed by atoms with E-state index in [-0.39, 0.29) is 11.8 Å². The first-order valence-electron chi connectivity index (χ1n) is 8.51. The molecule has 130 valence electrons. The van der Waals surface area contributed by atoms with Gasteiger partial charge in [0.1, 0.15) is 0 Å². The molecule has 4 nitrogen and oxygen atoms in total. The van der Waals surface area contributed by atoms with Crippen LogP contribution in [0.4, 0.5) is 0 Å². The van der Waals surface area contributed by atoms with Gasteiger partial charge in [-0.2, -0.15) is 0 Å². The zero-order valence-electron chi connectivity index (χ0n) is 14.2. The van der Waals surface area contributed by atoms with Crippen molar-refractivity contribution in [3.63, 3.8) is 0 Å². The van der Waals surface area contributed by atoms with Crippen LogP contribution < -0.4 is 0 Å². The van der Waals surface area contributed by atoms with Gasteiger partial charge >= 0.3 is 0 Å². The summed E-state index contributed by atoms with van der Waals surface area (Å²) in [6, 6.07) is 15.4. The van der Waals surface area contributed by atoms with E-state index < -0.39 is 0 Å². The Bertz CT molecular complexity index is 766. The van der Waals surface area contributed by atoms with Crippen LogP contribution in [0.3, 0.4) is 0 Å². The lowest BCUT2D eigenvalue weighted by Gasteiger charge is -2.35. The summed E-state index contributed by atoms with van der Waals surface area (Å²) in [6.45, 7) is 4.39. The Morgan fingerprint density at radius 2 is 1.44 bits per heavy atom. The van der Waals surface area contributed by atoms with Crippen molar-refractivity contribution < 1.29 is 9.59 Å². The van der Waals surface area contributed by atoms with Crippen molar-refractivity contribution in [3.05, 3.63) is 68.8 Å². The number of carbonyl (C=O) groups is 2. The van der Waals surface area contributed by atoms with Gasteiger partial charge in [-0.15, -0.1) is 0 Å². The van der Waals surface area contributed by atoms with Gasteiger partial charge in [-0.05, 0) is 64.9 Å². The molecule has 0 radical (unpaired) electrons. The molecule has 0 unspecified atom stereocenters. The Morgan fingerprint density at radius 3 is 1.96 bits per heavy atom. The molecule has 1 saturated heterocycles. The summed E-state index contributed by atoms with van der Waals surface area (Å²) < 4.78 is 1.05. The van der Waals surface area contributed by atoms with Crippen molar-refractivity contribution >= 4 is 34.4 Å². The van der Waals surface area contributed by atoms with Gasteiger partial charge < -0.3 is 9.80 Å². The summed E-state index contributed by atoms with van der Waals surface area (Å²) in [6.07, 6.45) is 0.966. The lowest BCUT2D eigenvalue weighted by molar-refractivity contribution is 0.0535. The fourth-order valence-corrected chi connectivity index (χ4v) is 3.53. The highest BCUT2D eigenvalue weighted by molar-refractivity contribution is 14.1. The normalized spacial score (nSPS) is 14.5. The third-order valence-electron chi connectivity index (χ3n) is 4.53. The van der Waals surface area contributed by atoms with Gasteiger partial charge in [0, 0.05) is 40.9 Å². The Morgan fingerprint density at radius 1 is 0.880 bits per heavy atom. The molecule has 5 heteroatoms. The van der Waals surface area contributed by atoms with Crippen LogP contribution in [0.5, 0.6) is 0 Å². The minimum absolute atomic E-state index is 0.0397. The lowest BCUT2D eigenvalue weighted by Crippen LogP contribution is -2.50. The molecule has 2 aromatic rings. The van der Waals surface area contributed by atoms with Gasteiger partial charge in [0.25, 0.3) is 11.8 Å². The molecule has 1 aliphatic rings. The summed E-state index contributed by atoms with van der Waals surface area (Å²) in [5.74, 6) is 0.0851. The number of nitrogens with zero attached hydrogens (tertiary/aromatic N) is 2. The van der Waals surface area contributed by atoms with Crippen LogP contribution in [0.2, 0.25) is 0 Å². The fourth-order valence-electron chi connectivity index (χ4n) is 2.98. The molecule has 0 spiro atoms. The number of benzene rings is 2. The highest BCUT2D eigenvalue weighted by Gasteiger charge is 2.25. The van der Waals surface area contributed by atoms with Crippen molar-refractivity contribution in [3.8, 4) is 0 Å². The molecular formula is C20H21IN2O2. The van der Waals surface area contributed by atoms with E-state index in [9.17, 15) is 9.59 Å². The standard InChI is InChI=1S/C20H21IN2O2/c1-2-15-6-8-16(9-7-15)19(24)22-10-12-23(13-11-22)20(25)17-4-3-5-18(21)14-17/h3-9,14H,2,10-13H2,1H3. The van der Waals surface area contributed by atoms with Gasteiger partial charge in [0.15, 0.2) is 0 Å². The predicted molar refractivity (Wildman–Crippen MR) is 107 cm³/mol. The molecule has 0 aromatic heterocycles. The molecule has 2 amide bonds. The zero-order valence-corrected chi connectivity index (χ0v) is 16.4. The van der Waals surface area contributed by atoms with Crippen LogP contribution in [-0.4, -0.2) is 47.8 Å². The average molecular weight is 448 g/mol.